The largest absolute Gasteiger partial charge is 0.326 e. The maximum Gasteiger partial charge on any atom is 0.179 e. The fraction of sp³-hybridized carbons (Fsp3) is 0.500. The molecular formula is C14H20N2O. The van der Waals surface area contributed by atoms with E-state index in [2.05, 4.69) is 4.90 Å². The van der Waals surface area contributed by atoms with E-state index in [4.69, 9.17) is 5.73 Å². The number of rotatable bonds is 3. The maximum atomic E-state index is 12.3. The van der Waals surface area contributed by atoms with Crippen molar-refractivity contribution in [1.29, 1.82) is 0 Å². The van der Waals surface area contributed by atoms with Crippen LogP contribution in [0.2, 0.25) is 0 Å². The summed E-state index contributed by atoms with van der Waals surface area (Å²) in [5, 5.41) is 0. The van der Waals surface area contributed by atoms with E-state index in [0.29, 0.717) is 0 Å². The Morgan fingerprint density at radius 3 is 2.59 bits per heavy atom. The molecule has 1 aliphatic heterocycles. The van der Waals surface area contributed by atoms with Crippen molar-refractivity contribution in [3.63, 3.8) is 0 Å². The molecule has 1 heterocycles. The van der Waals surface area contributed by atoms with E-state index in [-0.39, 0.29) is 17.9 Å². The fourth-order valence-electron chi connectivity index (χ4n) is 2.29. The molecule has 0 amide bonds. The molecule has 2 N–H and O–H groups in total. The van der Waals surface area contributed by atoms with E-state index in [1.54, 1.807) is 0 Å². The van der Waals surface area contributed by atoms with Crippen LogP contribution in [0.3, 0.4) is 0 Å². The summed E-state index contributed by atoms with van der Waals surface area (Å²) >= 11 is 0. The van der Waals surface area contributed by atoms with E-state index in [9.17, 15) is 4.79 Å². The second-order valence-corrected chi connectivity index (χ2v) is 4.95. The minimum atomic E-state index is -0.0637. The molecule has 3 heteroatoms. The van der Waals surface area contributed by atoms with Crippen LogP contribution in [0, 0.1) is 6.92 Å². The highest BCUT2D eigenvalue weighted by Gasteiger charge is 2.28. The van der Waals surface area contributed by atoms with Crippen molar-refractivity contribution in [2.45, 2.75) is 32.4 Å². The summed E-state index contributed by atoms with van der Waals surface area (Å²) in [6.07, 6.45) is 0.992. The number of hydrogen-bond acceptors (Lipinski definition) is 3. The number of nitrogens with zero attached hydrogens (tertiary/aromatic N) is 1. The van der Waals surface area contributed by atoms with Crippen LogP contribution in [0.5, 0.6) is 0 Å². The molecule has 0 aliphatic carbocycles. The Morgan fingerprint density at radius 1 is 1.41 bits per heavy atom. The molecule has 1 aromatic rings. The Morgan fingerprint density at radius 2 is 2.06 bits per heavy atom. The highest BCUT2D eigenvalue weighted by molar-refractivity contribution is 5.99. The van der Waals surface area contributed by atoms with Crippen LogP contribution in [0.4, 0.5) is 0 Å². The Bertz CT molecular complexity index is 399. The minimum Gasteiger partial charge on any atom is -0.326 e. The van der Waals surface area contributed by atoms with Gasteiger partial charge in [-0.3, -0.25) is 9.69 Å². The van der Waals surface area contributed by atoms with Gasteiger partial charge in [0, 0.05) is 24.7 Å². The van der Waals surface area contributed by atoms with Gasteiger partial charge in [-0.25, -0.2) is 0 Å². The lowest BCUT2D eigenvalue weighted by Gasteiger charge is -2.22. The molecule has 1 aromatic carbocycles. The standard InChI is InChI=1S/C14H20N2O/c1-10-3-5-12(6-4-10)14(17)11(2)16-8-7-13(15)9-16/h3-6,11,13H,7-9,15H2,1-2H3. The third-order valence-electron chi connectivity index (χ3n) is 3.52. The van der Waals surface area contributed by atoms with Gasteiger partial charge in [0.1, 0.15) is 0 Å². The van der Waals surface area contributed by atoms with Gasteiger partial charge in [0.05, 0.1) is 6.04 Å². The molecule has 0 aromatic heterocycles. The fourth-order valence-corrected chi connectivity index (χ4v) is 2.29. The van der Waals surface area contributed by atoms with Gasteiger partial charge in [0.2, 0.25) is 0 Å². The van der Waals surface area contributed by atoms with Crippen LogP contribution in [0.25, 0.3) is 0 Å². The first-order valence-corrected chi connectivity index (χ1v) is 6.18. The SMILES string of the molecule is Cc1ccc(C(=O)C(C)N2CCC(N)C2)cc1. The Hall–Kier alpha value is -1.19. The highest BCUT2D eigenvalue weighted by Crippen LogP contribution is 2.15. The number of carbonyl (C=O) groups excluding carboxylic acids is 1. The Kier molecular flexibility index (Phi) is 3.60. The summed E-state index contributed by atoms with van der Waals surface area (Å²) in [5.41, 5.74) is 7.84. The molecule has 17 heavy (non-hydrogen) atoms. The number of likely N-dealkylation sites (tertiary alicyclic amines) is 1. The van der Waals surface area contributed by atoms with Crippen LogP contribution in [-0.2, 0) is 0 Å². The average molecular weight is 232 g/mol. The normalized spacial score (nSPS) is 22.6. The predicted octanol–water partition coefficient (Wildman–Crippen LogP) is 1.60. The van der Waals surface area contributed by atoms with E-state index >= 15 is 0 Å². The maximum absolute atomic E-state index is 12.3. The van der Waals surface area contributed by atoms with Crippen LogP contribution >= 0.6 is 0 Å². The number of ketones is 1. The molecule has 2 atom stereocenters. The Labute approximate surface area is 103 Å². The van der Waals surface area contributed by atoms with Gasteiger partial charge in [0.25, 0.3) is 0 Å². The van der Waals surface area contributed by atoms with Gasteiger partial charge in [-0.15, -0.1) is 0 Å². The van der Waals surface area contributed by atoms with Gasteiger partial charge < -0.3 is 5.73 Å². The second-order valence-electron chi connectivity index (χ2n) is 4.95. The van der Waals surface area contributed by atoms with Gasteiger partial charge in [-0.05, 0) is 20.3 Å². The predicted molar refractivity (Wildman–Crippen MR) is 69.1 cm³/mol. The third-order valence-corrected chi connectivity index (χ3v) is 3.52. The topological polar surface area (TPSA) is 46.3 Å². The van der Waals surface area contributed by atoms with Crippen LogP contribution < -0.4 is 5.73 Å². The van der Waals surface area contributed by atoms with Crippen LogP contribution in [-0.4, -0.2) is 35.9 Å². The number of carbonyl (C=O) groups is 1. The number of nitrogens with two attached hydrogens (primary N) is 1. The quantitative estimate of drug-likeness (QED) is 0.805. The molecule has 0 radical (unpaired) electrons. The minimum absolute atomic E-state index is 0.0637. The van der Waals surface area contributed by atoms with E-state index < -0.39 is 0 Å². The van der Waals surface area contributed by atoms with Crippen molar-refractivity contribution in [3.8, 4) is 0 Å². The Balaban J connectivity index is 2.06. The van der Waals surface area contributed by atoms with E-state index in [1.807, 2.05) is 38.1 Å². The lowest BCUT2D eigenvalue weighted by Crippen LogP contribution is -2.39. The second kappa shape index (κ2) is 4.98. The van der Waals surface area contributed by atoms with Crippen molar-refractivity contribution in [2.24, 2.45) is 5.73 Å². The summed E-state index contributed by atoms with van der Waals surface area (Å²) in [6, 6.07) is 7.94. The molecule has 0 bridgehead atoms. The van der Waals surface area contributed by atoms with Gasteiger partial charge in [-0.1, -0.05) is 29.8 Å². The number of aryl methyl sites for hydroxylation is 1. The number of benzene rings is 1. The molecule has 92 valence electrons. The van der Waals surface area contributed by atoms with Crippen molar-refractivity contribution in [2.75, 3.05) is 13.1 Å². The lowest BCUT2D eigenvalue weighted by atomic mass is 10.0. The van der Waals surface area contributed by atoms with Gasteiger partial charge in [-0.2, -0.15) is 0 Å². The van der Waals surface area contributed by atoms with Crippen molar-refractivity contribution >= 4 is 5.78 Å². The molecule has 1 aliphatic rings. The molecular weight excluding hydrogens is 212 g/mol. The van der Waals surface area contributed by atoms with Crippen molar-refractivity contribution < 1.29 is 4.79 Å². The molecule has 1 fully saturated rings. The van der Waals surface area contributed by atoms with Gasteiger partial charge in [0.15, 0.2) is 5.78 Å². The zero-order valence-electron chi connectivity index (χ0n) is 10.5. The first kappa shape index (κ1) is 12.3. The zero-order chi connectivity index (χ0) is 12.4. The monoisotopic (exact) mass is 232 g/mol. The van der Waals surface area contributed by atoms with E-state index in [0.717, 1.165) is 25.1 Å². The van der Waals surface area contributed by atoms with Crippen LogP contribution in [0.1, 0.15) is 29.3 Å². The third kappa shape index (κ3) is 2.73. The number of hydrogen-bond donors (Lipinski definition) is 1. The lowest BCUT2D eigenvalue weighted by molar-refractivity contribution is 0.0866. The molecule has 0 saturated carbocycles. The molecule has 2 unspecified atom stereocenters. The van der Waals surface area contributed by atoms with Crippen LogP contribution in [0.15, 0.2) is 24.3 Å². The zero-order valence-corrected chi connectivity index (χ0v) is 10.5. The summed E-state index contributed by atoms with van der Waals surface area (Å²) in [5.74, 6) is 0.194. The summed E-state index contributed by atoms with van der Waals surface area (Å²) < 4.78 is 0. The molecule has 2 rings (SSSR count). The summed E-state index contributed by atoms with van der Waals surface area (Å²) in [7, 11) is 0. The summed E-state index contributed by atoms with van der Waals surface area (Å²) in [4.78, 5) is 14.4. The average Bonchev–Trinajstić information content (AvgIpc) is 2.75. The first-order chi connectivity index (χ1) is 8.08. The smallest absolute Gasteiger partial charge is 0.179 e. The summed E-state index contributed by atoms with van der Waals surface area (Å²) in [6.45, 7) is 5.76. The van der Waals surface area contributed by atoms with Crippen molar-refractivity contribution in [1.82, 2.24) is 4.90 Å². The number of Topliss-reactive ketones (excluding diaryl/α,β-unsaturated/α-hetero) is 1. The first-order valence-electron chi connectivity index (χ1n) is 6.18. The molecule has 1 saturated heterocycles. The van der Waals surface area contributed by atoms with E-state index in [1.165, 1.54) is 5.56 Å². The highest BCUT2D eigenvalue weighted by atomic mass is 16.1. The van der Waals surface area contributed by atoms with Crippen molar-refractivity contribution in [3.05, 3.63) is 35.4 Å². The molecule has 0 spiro atoms. The molecule has 3 nitrogen and oxygen atoms in total. The van der Waals surface area contributed by atoms with Gasteiger partial charge >= 0.3 is 0 Å².